The number of halogens is 2. The lowest BCUT2D eigenvalue weighted by molar-refractivity contribution is -0.00508. The van der Waals surface area contributed by atoms with Crippen molar-refractivity contribution in [2.75, 3.05) is 7.11 Å². The van der Waals surface area contributed by atoms with Gasteiger partial charge in [0.15, 0.2) is 6.17 Å². The van der Waals surface area contributed by atoms with Gasteiger partial charge < -0.3 is 4.74 Å². The maximum Gasteiger partial charge on any atom is 0.157 e. The van der Waals surface area contributed by atoms with E-state index < -0.39 is 18.4 Å². The molecule has 0 amide bonds. The van der Waals surface area contributed by atoms with Gasteiger partial charge in [-0.1, -0.05) is 13.3 Å². The summed E-state index contributed by atoms with van der Waals surface area (Å²) in [6.45, 7) is 3.13. The van der Waals surface area contributed by atoms with Gasteiger partial charge in [-0.15, -0.1) is 0 Å². The Morgan fingerprint density at radius 2 is 1.91 bits per heavy atom. The highest BCUT2D eigenvalue weighted by molar-refractivity contribution is 4.73. The van der Waals surface area contributed by atoms with Gasteiger partial charge in [-0.3, -0.25) is 0 Å². The Bertz CT molecular complexity index is 96.1. The van der Waals surface area contributed by atoms with E-state index in [9.17, 15) is 8.78 Å². The third kappa shape index (κ3) is 3.65. The number of alkyl halides is 2. The SMILES string of the molecule is CCCC(OC)C(F)C(C)F. The molecule has 0 bridgehead atoms. The zero-order valence-corrected chi connectivity index (χ0v) is 7.31. The van der Waals surface area contributed by atoms with Gasteiger partial charge in [-0.05, 0) is 13.3 Å². The summed E-state index contributed by atoms with van der Waals surface area (Å²) in [7, 11) is 1.41. The number of methoxy groups -OCH3 is 1. The van der Waals surface area contributed by atoms with E-state index in [0.29, 0.717) is 6.42 Å². The van der Waals surface area contributed by atoms with Crippen molar-refractivity contribution in [3.8, 4) is 0 Å². The summed E-state index contributed by atoms with van der Waals surface area (Å²) in [4.78, 5) is 0. The predicted octanol–water partition coefficient (Wildman–Crippen LogP) is 2.50. The molecule has 0 rings (SSSR count). The summed E-state index contributed by atoms with van der Waals surface area (Å²) in [6.07, 6.45) is -2.12. The zero-order chi connectivity index (χ0) is 8.85. The Hall–Kier alpha value is -0.180. The van der Waals surface area contributed by atoms with Gasteiger partial charge in [-0.25, -0.2) is 8.78 Å². The lowest BCUT2D eigenvalue weighted by atomic mass is 10.1. The maximum atomic E-state index is 12.9. The molecule has 0 aliphatic heterocycles. The third-order valence-electron chi connectivity index (χ3n) is 1.67. The molecule has 0 aromatic carbocycles. The van der Waals surface area contributed by atoms with Crippen LogP contribution < -0.4 is 0 Å². The van der Waals surface area contributed by atoms with Crippen LogP contribution in [0.4, 0.5) is 8.78 Å². The van der Waals surface area contributed by atoms with E-state index in [1.807, 2.05) is 6.92 Å². The summed E-state index contributed by atoms with van der Waals surface area (Å²) in [5.74, 6) is 0. The molecule has 0 radical (unpaired) electrons. The highest BCUT2D eigenvalue weighted by Crippen LogP contribution is 2.15. The third-order valence-corrected chi connectivity index (χ3v) is 1.67. The van der Waals surface area contributed by atoms with Crippen molar-refractivity contribution in [2.24, 2.45) is 0 Å². The topological polar surface area (TPSA) is 9.23 Å². The van der Waals surface area contributed by atoms with Gasteiger partial charge in [0.1, 0.15) is 6.17 Å². The van der Waals surface area contributed by atoms with E-state index in [1.54, 1.807) is 0 Å². The second kappa shape index (κ2) is 5.47. The molecule has 0 aliphatic rings. The van der Waals surface area contributed by atoms with Crippen LogP contribution in [0.25, 0.3) is 0 Å². The second-order valence-electron chi connectivity index (χ2n) is 2.68. The lowest BCUT2D eigenvalue weighted by Crippen LogP contribution is -2.30. The summed E-state index contributed by atoms with van der Waals surface area (Å²) in [6, 6.07) is 0. The normalized spacial score (nSPS) is 19.4. The molecule has 3 unspecified atom stereocenters. The molecular weight excluding hydrogens is 150 g/mol. The monoisotopic (exact) mass is 166 g/mol. The molecule has 0 N–H and O–H groups in total. The van der Waals surface area contributed by atoms with Crippen LogP contribution in [0.5, 0.6) is 0 Å². The molecule has 0 aliphatic carbocycles. The number of hydrogen-bond acceptors (Lipinski definition) is 1. The maximum absolute atomic E-state index is 12.9. The molecule has 0 aromatic heterocycles. The Morgan fingerprint density at radius 3 is 2.18 bits per heavy atom. The Morgan fingerprint density at radius 1 is 1.36 bits per heavy atom. The minimum absolute atomic E-state index is 0.575. The van der Waals surface area contributed by atoms with Crippen molar-refractivity contribution >= 4 is 0 Å². The van der Waals surface area contributed by atoms with Crippen molar-refractivity contribution < 1.29 is 13.5 Å². The molecule has 0 heterocycles. The first kappa shape index (κ1) is 10.8. The van der Waals surface area contributed by atoms with E-state index in [4.69, 9.17) is 4.74 Å². The average Bonchev–Trinajstić information content (AvgIpc) is 1.98. The number of ether oxygens (including phenoxy) is 1. The Balaban J connectivity index is 3.81. The van der Waals surface area contributed by atoms with Crippen molar-refractivity contribution in [2.45, 2.75) is 45.1 Å². The van der Waals surface area contributed by atoms with E-state index >= 15 is 0 Å². The summed E-state index contributed by atoms with van der Waals surface area (Å²) >= 11 is 0. The summed E-state index contributed by atoms with van der Waals surface area (Å²) in [5.41, 5.74) is 0. The first-order valence-corrected chi connectivity index (χ1v) is 3.94. The van der Waals surface area contributed by atoms with Gasteiger partial charge in [0.05, 0.1) is 6.10 Å². The fourth-order valence-corrected chi connectivity index (χ4v) is 0.987. The molecule has 68 valence electrons. The largest absolute Gasteiger partial charge is 0.378 e. The van der Waals surface area contributed by atoms with Crippen molar-refractivity contribution in [1.29, 1.82) is 0 Å². The van der Waals surface area contributed by atoms with Crippen LogP contribution in [-0.2, 0) is 4.74 Å². The van der Waals surface area contributed by atoms with Crippen LogP contribution in [0, 0.1) is 0 Å². The molecule has 1 nitrogen and oxygen atoms in total. The summed E-state index contributed by atoms with van der Waals surface area (Å²) in [5, 5.41) is 0. The number of rotatable bonds is 5. The van der Waals surface area contributed by atoms with Crippen LogP contribution in [-0.4, -0.2) is 25.6 Å². The lowest BCUT2D eigenvalue weighted by Gasteiger charge is -2.19. The van der Waals surface area contributed by atoms with Gasteiger partial charge in [0.2, 0.25) is 0 Å². The van der Waals surface area contributed by atoms with E-state index in [0.717, 1.165) is 6.42 Å². The van der Waals surface area contributed by atoms with E-state index in [2.05, 4.69) is 0 Å². The van der Waals surface area contributed by atoms with Crippen molar-refractivity contribution in [3.63, 3.8) is 0 Å². The smallest absolute Gasteiger partial charge is 0.157 e. The average molecular weight is 166 g/mol. The molecule has 0 saturated carbocycles. The zero-order valence-electron chi connectivity index (χ0n) is 7.31. The fraction of sp³-hybridized carbons (Fsp3) is 1.00. The van der Waals surface area contributed by atoms with Gasteiger partial charge >= 0.3 is 0 Å². The van der Waals surface area contributed by atoms with Crippen LogP contribution in [0.2, 0.25) is 0 Å². The molecule has 0 spiro atoms. The van der Waals surface area contributed by atoms with Crippen LogP contribution in [0.3, 0.4) is 0 Å². The van der Waals surface area contributed by atoms with E-state index in [-0.39, 0.29) is 0 Å². The van der Waals surface area contributed by atoms with Crippen LogP contribution >= 0.6 is 0 Å². The first-order valence-electron chi connectivity index (χ1n) is 3.94. The van der Waals surface area contributed by atoms with Gasteiger partial charge in [0.25, 0.3) is 0 Å². The predicted molar refractivity (Wildman–Crippen MR) is 41.2 cm³/mol. The molecule has 3 atom stereocenters. The highest BCUT2D eigenvalue weighted by atomic mass is 19.2. The molecular formula is C8H16F2O. The Labute approximate surface area is 66.7 Å². The molecule has 3 heteroatoms. The van der Waals surface area contributed by atoms with Crippen LogP contribution in [0.1, 0.15) is 26.7 Å². The molecule has 0 aromatic rings. The quantitative estimate of drug-likeness (QED) is 0.609. The van der Waals surface area contributed by atoms with Crippen molar-refractivity contribution in [1.82, 2.24) is 0 Å². The second-order valence-corrected chi connectivity index (χ2v) is 2.68. The van der Waals surface area contributed by atoms with Gasteiger partial charge in [0, 0.05) is 7.11 Å². The van der Waals surface area contributed by atoms with Gasteiger partial charge in [-0.2, -0.15) is 0 Å². The molecule has 0 fully saturated rings. The first-order chi connectivity index (χ1) is 5.13. The number of hydrogen-bond donors (Lipinski definition) is 0. The molecule has 0 saturated heterocycles. The summed E-state index contributed by atoms with van der Waals surface area (Å²) < 4.78 is 30.1. The minimum Gasteiger partial charge on any atom is -0.378 e. The highest BCUT2D eigenvalue weighted by Gasteiger charge is 2.25. The standard InChI is InChI=1S/C8H16F2O/c1-4-5-7(11-3)8(10)6(2)9/h6-8H,4-5H2,1-3H3. The minimum atomic E-state index is -1.49. The van der Waals surface area contributed by atoms with Crippen LogP contribution in [0.15, 0.2) is 0 Å². The fourth-order valence-electron chi connectivity index (χ4n) is 0.987. The Kier molecular flexibility index (Phi) is 5.38. The van der Waals surface area contributed by atoms with E-state index in [1.165, 1.54) is 14.0 Å². The van der Waals surface area contributed by atoms with Crippen molar-refractivity contribution in [3.05, 3.63) is 0 Å². The molecule has 11 heavy (non-hydrogen) atoms.